The maximum Gasteiger partial charge on any atom is 0.304 e. The molecule has 0 saturated carbocycles. The Bertz CT molecular complexity index is 354. The van der Waals surface area contributed by atoms with Gasteiger partial charge in [-0.15, -0.1) is 11.8 Å². The summed E-state index contributed by atoms with van der Waals surface area (Å²) in [6.45, 7) is 0. The lowest BCUT2D eigenvalue weighted by Crippen LogP contribution is -2.35. The van der Waals surface area contributed by atoms with Crippen LogP contribution >= 0.6 is 11.8 Å². The van der Waals surface area contributed by atoms with E-state index in [1.54, 1.807) is 11.8 Å². The van der Waals surface area contributed by atoms with Gasteiger partial charge in [-0.2, -0.15) is 0 Å². The normalized spacial score (nSPS) is 14.4. The van der Waals surface area contributed by atoms with E-state index in [0.717, 1.165) is 10.5 Å². The molecule has 0 heterocycles. The fourth-order valence-corrected chi connectivity index (χ4v) is 1.81. The summed E-state index contributed by atoms with van der Waals surface area (Å²) in [5.41, 5.74) is 12.5. The number of nitrogens with two attached hydrogens (primary N) is 2. The summed E-state index contributed by atoms with van der Waals surface area (Å²) in [4.78, 5) is 11.6. The van der Waals surface area contributed by atoms with Crippen molar-refractivity contribution in [3.05, 3.63) is 29.8 Å². The molecule has 0 aromatic heterocycles. The van der Waals surface area contributed by atoms with Crippen LogP contribution in [-0.4, -0.2) is 23.4 Å². The third kappa shape index (κ3) is 3.52. The van der Waals surface area contributed by atoms with Crippen LogP contribution in [0.5, 0.6) is 0 Å². The fourth-order valence-electron chi connectivity index (χ4n) is 1.40. The maximum absolute atomic E-state index is 10.5. The van der Waals surface area contributed by atoms with Gasteiger partial charge in [0.1, 0.15) is 0 Å². The molecule has 0 bridgehead atoms. The molecule has 5 N–H and O–H groups in total. The van der Waals surface area contributed by atoms with Gasteiger partial charge in [-0.3, -0.25) is 4.79 Å². The Hall–Kier alpha value is -1.04. The number of rotatable bonds is 5. The zero-order valence-electron chi connectivity index (χ0n) is 9.09. The van der Waals surface area contributed by atoms with Gasteiger partial charge in [0.2, 0.25) is 0 Å². The Morgan fingerprint density at radius 1 is 1.38 bits per heavy atom. The molecule has 16 heavy (non-hydrogen) atoms. The molecular formula is C11H16N2O2S. The lowest BCUT2D eigenvalue weighted by molar-refractivity contribution is -0.137. The Kier molecular flexibility index (Phi) is 4.79. The molecule has 1 rings (SSSR count). The molecule has 5 heteroatoms. The minimum Gasteiger partial charge on any atom is -0.481 e. The lowest BCUT2D eigenvalue weighted by Gasteiger charge is -2.18. The molecule has 0 aliphatic carbocycles. The molecule has 1 aromatic rings. The Morgan fingerprint density at radius 2 is 1.94 bits per heavy atom. The Balaban J connectivity index is 2.71. The lowest BCUT2D eigenvalue weighted by atomic mass is 9.99. The van der Waals surface area contributed by atoms with Crippen LogP contribution in [0.3, 0.4) is 0 Å². The van der Waals surface area contributed by atoms with Crippen molar-refractivity contribution in [2.75, 3.05) is 6.26 Å². The van der Waals surface area contributed by atoms with Crippen LogP contribution in [0.25, 0.3) is 0 Å². The number of hydrogen-bond donors (Lipinski definition) is 3. The van der Waals surface area contributed by atoms with Crippen molar-refractivity contribution < 1.29 is 9.90 Å². The number of carboxylic acids is 1. The predicted molar refractivity (Wildman–Crippen MR) is 65.4 cm³/mol. The number of carbonyl (C=O) groups is 1. The molecule has 0 fully saturated rings. The van der Waals surface area contributed by atoms with Gasteiger partial charge in [0.25, 0.3) is 0 Å². The summed E-state index contributed by atoms with van der Waals surface area (Å²) in [6.07, 6.45) is 1.87. The molecule has 2 atom stereocenters. The summed E-state index contributed by atoms with van der Waals surface area (Å²) in [5, 5.41) is 8.62. The van der Waals surface area contributed by atoms with E-state index in [4.69, 9.17) is 16.6 Å². The molecule has 0 aliphatic rings. The van der Waals surface area contributed by atoms with E-state index in [2.05, 4.69) is 0 Å². The van der Waals surface area contributed by atoms with E-state index in [1.807, 2.05) is 30.5 Å². The first kappa shape index (κ1) is 13.0. The van der Waals surface area contributed by atoms with Gasteiger partial charge < -0.3 is 16.6 Å². The first-order valence-electron chi connectivity index (χ1n) is 4.91. The van der Waals surface area contributed by atoms with Gasteiger partial charge in [0.05, 0.1) is 6.42 Å². The highest BCUT2D eigenvalue weighted by molar-refractivity contribution is 7.98. The molecule has 0 amide bonds. The van der Waals surface area contributed by atoms with E-state index in [0.29, 0.717) is 0 Å². The summed E-state index contributed by atoms with van der Waals surface area (Å²) in [7, 11) is 0. The summed E-state index contributed by atoms with van der Waals surface area (Å²) in [5.74, 6) is -0.927. The zero-order chi connectivity index (χ0) is 12.1. The second-order valence-electron chi connectivity index (χ2n) is 3.56. The van der Waals surface area contributed by atoms with Crippen LogP contribution in [0, 0.1) is 0 Å². The van der Waals surface area contributed by atoms with Crippen molar-refractivity contribution in [3.8, 4) is 0 Å². The van der Waals surface area contributed by atoms with Crippen LogP contribution in [-0.2, 0) is 4.79 Å². The van der Waals surface area contributed by atoms with Gasteiger partial charge in [-0.25, -0.2) is 0 Å². The average Bonchev–Trinajstić information content (AvgIpc) is 2.27. The van der Waals surface area contributed by atoms with Crippen molar-refractivity contribution in [1.29, 1.82) is 0 Å². The Labute approximate surface area is 99.0 Å². The van der Waals surface area contributed by atoms with Crippen molar-refractivity contribution in [1.82, 2.24) is 0 Å². The van der Waals surface area contributed by atoms with Crippen molar-refractivity contribution in [2.24, 2.45) is 11.5 Å². The fraction of sp³-hybridized carbons (Fsp3) is 0.364. The van der Waals surface area contributed by atoms with Gasteiger partial charge in [-0.05, 0) is 24.0 Å². The van der Waals surface area contributed by atoms with Gasteiger partial charge in [-0.1, -0.05) is 12.1 Å². The molecule has 0 spiro atoms. The minimum atomic E-state index is -0.927. The third-order valence-electron chi connectivity index (χ3n) is 2.37. The molecule has 1 aromatic carbocycles. The van der Waals surface area contributed by atoms with Gasteiger partial charge in [0, 0.05) is 17.0 Å². The predicted octanol–water partition coefficient (Wildman–Crippen LogP) is 1.21. The van der Waals surface area contributed by atoms with E-state index in [-0.39, 0.29) is 6.42 Å². The van der Waals surface area contributed by atoms with Crippen LogP contribution in [0.2, 0.25) is 0 Å². The first-order chi connectivity index (χ1) is 7.54. The van der Waals surface area contributed by atoms with E-state index >= 15 is 0 Å². The first-order valence-corrected chi connectivity index (χ1v) is 6.14. The molecule has 88 valence electrons. The summed E-state index contributed by atoms with van der Waals surface area (Å²) in [6, 6.07) is 6.68. The number of aliphatic carboxylic acids is 1. The largest absolute Gasteiger partial charge is 0.481 e. The summed E-state index contributed by atoms with van der Waals surface area (Å²) < 4.78 is 0. The van der Waals surface area contributed by atoms with Crippen LogP contribution in [0.15, 0.2) is 29.2 Å². The highest BCUT2D eigenvalue weighted by atomic mass is 32.2. The van der Waals surface area contributed by atoms with Crippen LogP contribution < -0.4 is 11.5 Å². The molecular weight excluding hydrogens is 224 g/mol. The number of benzene rings is 1. The van der Waals surface area contributed by atoms with Crippen molar-refractivity contribution in [3.63, 3.8) is 0 Å². The van der Waals surface area contributed by atoms with Gasteiger partial charge in [0.15, 0.2) is 0 Å². The average molecular weight is 240 g/mol. The smallest absolute Gasteiger partial charge is 0.304 e. The van der Waals surface area contributed by atoms with Gasteiger partial charge >= 0.3 is 5.97 Å². The standard InChI is InChI=1S/C11H16N2O2S/c1-16-8-4-2-7(3-5-8)11(13)9(12)6-10(14)15/h2-5,9,11H,6,12-13H2,1H3,(H,14,15). The Morgan fingerprint density at radius 3 is 2.38 bits per heavy atom. The molecule has 0 aliphatic heterocycles. The van der Waals surface area contributed by atoms with Crippen molar-refractivity contribution >= 4 is 17.7 Å². The summed E-state index contributed by atoms with van der Waals surface area (Å²) >= 11 is 1.64. The molecule has 2 unspecified atom stereocenters. The highest BCUT2D eigenvalue weighted by Crippen LogP contribution is 2.20. The SMILES string of the molecule is CSc1ccc(C(N)C(N)CC(=O)O)cc1. The van der Waals surface area contributed by atoms with Crippen LogP contribution in [0.1, 0.15) is 18.0 Å². The van der Waals surface area contributed by atoms with E-state index < -0.39 is 18.1 Å². The monoisotopic (exact) mass is 240 g/mol. The quantitative estimate of drug-likeness (QED) is 0.673. The molecule has 0 saturated heterocycles. The van der Waals surface area contributed by atoms with E-state index in [1.165, 1.54) is 0 Å². The third-order valence-corrected chi connectivity index (χ3v) is 3.12. The second kappa shape index (κ2) is 5.89. The second-order valence-corrected chi connectivity index (χ2v) is 4.44. The highest BCUT2D eigenvalue weighted by Gasteiger charge is 2.18. The number of carboxylic acid groups (broad SMARTS) is 1. The zero-order valence-corrected chi connectivity index (χ0v) is 9.91. The van der Waals surface area contributed by atoms with Crippen LogP contribution in [0.4, 0.5) is 0 Å². The maximum atomic E-state index is 10.5. The molecule has 0 radical (unpaired) electrons. The van der Waals surface area contributed by atoms with Crippen molar-refractivity contribution in [2.45, 2.75) is 23.4 Å². The topological polar surface area (TPSA) is 89.3 Å². The number of thioether (sulfide) groups is 1. The van der Waals surface area contributed by atoms with E-state index in [9.17, 15) is 4.79 Å². The molecule has 4 nitrogen and oxygen atoms in total. The number of hydrogen-bond acceptors (Lipinski definition) is 4. The minimum absolute atomic E-state index is 0.120.